The Balaban J connectivity index is 2.38. The highest BCUT2D eigenvalue weighted by molar-refractivity contribution is 5.95. The van der Waals surface area contributed by atoms with E-state index in [9.17, 15) is 20.0 Å². The van der Waals surface area contributed by atoms with Crippen LogP contribution in [0.15, 0.2) is 18.2 Å². The molecular weight excluding hydrogens is 274 g/mol. The zero-order valence-electron chi connectivity index (χ0n) is 12.2. The van der Waals surface area contributed by atoms with Crippen LogP contribution >= 0.6 is 0 Å². The molecule has 0 radical (unpaired) electrons. The lowest BCUT2D eigenvalue weighted by atomic mass is 10.1. The standard InChI is InChI=1S/C14H19N3O4/c1-3-10-9-16(7-6-15(10)2)13-8-11(17(20)21)4-5-12(13)14(18)19/h4-5,8,10H,3,6-7,9H2,1-2H3,(H,18,19). The monoisotopic (exact) mass is 293 g/mol. The molecule has 1 aromatic rings. The first-order valence-electron chi connectivity index (χ1n) is 6.91. The molecule has 114 valence electrons. The number of hydrogen-bond donors (Lipinski definition) is 1. The summed E-state index contributed by atoms with van der Waals surface area (Å²) < 4.78 is 0. The predicted molar refractivity (Wildman–Crippen MR) is 79.0 cm³/mol. The number of nitrogens with zero attached hydrogens (tertiary/aromatic N) is 3. The second kappa shape index (κ2) is 6.09. The van der Waals surface area contributed by atoms with Crippen LogP contribution in [0.25, 0.3) is 0 Å². The lowest BCUT2D eigenvalue weighted by Gasteiger charge is -2.40. The number of nitro benzene ring substituents is 1. The van der Waals surface area contributed by atoms with Gasteiger partial charge < -0.3 is 10.0 Å². The van der Waals surface area contributed by atoms with E-state index in [4.69, 9.17) is 0 Å². The largest absolute Gasteiger partial charge is 0.478 e. The van der Waals surface area contributed by atoms with E-state index in [2.05, 4.69) is 11.8 Å². The summed E-state index contributed by atoms with van der Waals surface area (Å²) in [6.07, 6.45) is 0.949. The quantitative estimate of drug-likeness (QED) is 0.673. The third kappa shape index (κ3) is 3.13. The van der Waals surface area contributed by atoms with E-state index < -0.39 is 10.9 Å². The van der Waals surface area contributed by atoms with E-state index in [0.717, 1.165) is 13.0 Å². The van der Waals surface area contributed by atoms with Gasteiger partial charge in [0.15, 0.2) is 0 Å². The molecule has 1 atom stereocenters. The van der Waals surface area contributed by atoms with E-state index in [1.54, 1.807) is 0 Å². The van der Waals surface area contributed by atoms with Gasteiger partial charge in [-0.25, -0.2) is 4.79 Å². The van der Waals surface area contributed by atoms with Crippen LogP contribution in [0.5, 0.6) is 0 Å². The molecule has 21 heavy (non-hydrogen) atoms. The number of anilines is 1. The minimum absolute atomic E-state index is 0.0815. The third-order valence-corrected chi connectivity index (χ3v) is 4.01. The molecular formula is C14H19N3O4. The minimum atomic E-state index is -1.06. The number of carbonyl (C=O) groups is 1. The van der Waals surface area contributed by atoms with Crippen molar-refractivity contribution in [3.63, 3.8) is 0 Å². The van der Waals surface area contributed by atoms with Gasteiger partial charge in [0.05, 0.1) is 16.2 Å². The van der Waals surface area contributed by atoms with Gasteiger partial charge in [0.1, 0.15) is 0 Å². The predicted octanol–water partition coefficient (Wildman–Crippen LogP) is 1.82. The van der Waals surface area contributed by atoms with E-state index >= 15 is 0 Å². The van der Waals surface area contributed by atoms with Crippen LogP contribution in [0.4, 0.5) is 11.4 Å². The lowest BCUT2D eigenvalue weighted by Crippen LogP contribution is -2.51. The van der Waals surface area contributed by atoms with Gasteiger partial charge in [-0.2, -0.15) is 0 Å². The highest BCUT2D eigenvalue weighted by atomic mass is 16.6. The Labute approximate surface area is 122 Å². The highest BCUT2D eigenvalue weighted by Crippen LogP contribution is 2.28. The number of aromatic carboxylic acids is 1. The molecule has 1 aliphatic heterocycles. The fourth-order valence-electron chi connectivity index (χ4n) is 2.68. The molecule has 1 saturated heterocycles. The van der Waals surface area contributed by atoms with Crippen LogP contribution in [-0.2, 0) is 0 Å². The first kappa shape index (κ1) is 15.2. The van der Waals surface area contributed by atoms with Crippen LogP contribution in [-0.4, -0.2) is 53.6 Å². The SMILES string of the molecule is CCC1CN(c2cc([N+](=O)[O-])ccc2C(=O)O)CCN1C. The van der Waals surface area contributed by atoms with Gasteiger partial charge in [-0.1, -0.05) is 6.92 Å². The van der Waals surface area contributed by atoms with Crippen LogP contribution in [0.1, 0.15) is 23.7 Å². The molecule has 1 aromatic carbocycles. The third-order valence-electron chi connectivity index (χ3n) is 4.01. The van der Waals surface area contributed by atoms with Crippen molar-refractivity contribution in [2.24, 2.45) is 0 Å². The summed E-state index contributed by atoms with van der Waals surface area (Å²) in [5.74, 6) is -1.06. The van der Waals surface area contributed by atoms with Gasteiger partial charge in [0.25, 0.3) is 5.69 Å². The molecule has 0 bridgehead atoms. The van der Waals surface area contributed by atoms with Gasteiger partial charge in [0.2, 0.25) is 0 Å². The van der Waals surface area contributed by atoms with Crippen molar-refractivity contribution in [1.29, 1.82) is 0 Å². The molecule has 1 aliphatic rings. The molecule has 1 N–H and O–H groups in total. The van der Waals surface area contributed by atoms with Crippen molar-refractivity contribution in [1.82, 2.24) is 4.90 Å². The maximum Gasteiger partial charge on any atom is 0.337 e. The summed E-state index contributed by atoms with van der Waals surface area (Å²) in [4.78, 5) is 25.9. The average Bonchev–Trinajstić information content (AvgIpc) is 2.47. The Bertz CT molecular complexity index is 561. The molecule has 0 aromatic heterocycles. The van der Waals surface area contributed by atoms with Gasteiger partial charge in [0, 0.05) is 37.8 Å². The average molecular weight is 293 g/mol. The van der Waals surface area contributed by atoms with Crippen molar-refractivity contribution < 1.29 is 14.8 Å². The minimum Gasteiger partial charge on any atom is -0.478 e. The molecule has 7 heteroatoms. The Morgan fingerprint density at radius 2 is 2.19 bits per heavy atom. The number of piperazine rings is 1. The number of benzene rings is 1. The normalized spacial score (nSPS) is 19.5. The van der Waals surface area contributed by atoms with Gasteiger partial charge in [-0.05, 0) is 19.5 Å². The Hall–Kier alpha value is -2.15. The summed E-state index contributed by atoms with van der Waals surface area (Å²) in [6, 6.07) is 4.23. The number of hydrogen-bond acceptors (Lipinski definition) is 5. The number of likely N-dealkylation sites (N-methyl/N-ethyl adjacent to an activating group) is 1. The smallest absolute Gasteiger partial charge is 0.337 e. The van der Waals surface area contributed by atoms with Crippen LogP contribution < -0.4 is 4.90 Å². The second-order valence-electron chi connectivity index (χ2n) is 5.25. The molecule has 1 heterocycles. The number of carboxylic acids is 1. The van der Waals surface area contributed by atoms with Crippen molar-refractivity contribution in [2.45, 2.75) is 19.4 Å². The number of carboxylic acid groups (broad SMARTS) is 1. The van der Waals surface area contributed by atoms with E-state index in [1.807, 2.05) is 11.9 Å². The Morgan fingerprint density at radius 1 is 1.48 bits per heavy atom. The highest BCUT2D eigenvalue weighted by Gasteiger charge is 2.27. The summed E-state index contributed by atoms with van der Waals surface area (Å²) in [6.45, 7) is 4.22. The molecule has 2 rings (SSSR count). The van der Waals surface area contributed by atoms with Gasteiger partial charge in [-0.15, -0.1) is 0 Å². The Kier molecular flexibility index (Phi) is 4.42. The molecule has 0 spiro atoms. The zero-order chi connectivity index (χ0) is 15.6. The van der Waals surface area contributed by atoms with Gasteiger partial charge >= 0.3 is 5.97 Å². The molecule has 0 amide bonds. The van der Waals surface area contributed by atoms with Crippen molar-refractivity contribution in [3.8, 4) is 0 Å². The van der Waals surface area contributed by atoms with Crippen LogP contribution in [0.2, 0.25) is 0 Å². The van der Waals surface area contributed by atoms with E-state index in [0.29, 0.717) is 24.8 Å². The van der Waals surface area contributed by atoms with Crippen molar-refractivity contribution in [3.05, 3.63) is 33.9 Å². The lowest BCUT2D eigenvalue weighted by molar-refractivity contribution is -0.384. The zero-order valence-corrected chi connectivity index (χ0v) is 12.2. The first-order valence-corrected chi connectivity index (χ1v) is 6.91. The first-order chi connectivity index (χ1) is 9.93. The van der Waals surface area contributed by atoms with Gasteiger partial charge in [-0.3, -0.25) is 15.0 Å². The second-order valence-corrected chi connectivity index (χ2v) is 5.25. The molecule has 0 aliphatic carbocycles. The number of nitro groups is 1. The summed E-state index contributed by atoms with van der Waals surface area (Å²) in [5, 5.41) is 20.2. The molecule has 1 fully saturated rings. The van der Waals surface area contributed by atoms with Crippen LogP contribution in [0.3, 0.4) is 0 Å². The maximum absolute atomic E-state index is 11.4. The summed E-state index contributed by atoms with van der Waals surface area (Å²) >= 11 is 0. The van der Waals surface area contributed by atoms with Crippen molar-refractivity contribution >= 4 is 17.3 Å². The fraction of sp³-hybridized carbons (Fsp3) is 0.500. The Morgan fingerprint density at radius 3 is 2.76 bits per heavy atom. The van der Waals surface area contributed by atoms with Crippen LogP contribution in [0, 0.1) is 10.1 Å². The molecule has 7 nitrogen and oxygen atoms in total. The topological polar surface area (TPSA) is 86.9 Å². The summed E-state index contributed by atoms with van der Waals surface area (Å²) in [7, 11) is 2.04. The fourth-order valence-corrected chi connectivity index (χ4v) is 2.68. The number of non-ortho nitro benzene ring substituents is 1. The van der Waals surface area contributed by atoms with E-state index in [-0.39, 0.29) is 11.3 Å². The van der Waals surface area contributed by atoms with E-state index in [1.165, 1.54) is 18.2 Å². The summed E-state index contributed by atoms with van der Waals surface area (Å²) in [5.41, 5.74) is 0.463. The van der Waals surface area contributed by atoms with Crippen molar-refractivity contribution in [2.75, 3.05) is 31.6 Å². The number of rotatable bonds is 4. The maximum atomic E-state index is 11.4. The molecule has 0 saturated carbocycles. The molecule has 1 unspecified atom stereocenters.